The van der Waals surface area contributed by atoms with Gasteiger partial charge in [-0.3, -0.25) is 0 Å². The lowest BCUT2D eigenvalue weighted by atomic mass is 10.2. The van der Waals surface area contributed by atoms with E-state index in [0.717, 1.165) is 46.7 Å². The molecule has 0 atom stereocenters. The van der Waals surface area contributed by atoms with E-state index in [1.165, 1.54) is 5.56 Å². The van der Waals surface area contributed by atoms with Gasteiger partial charge in [-0.2, -0.15) is 0 Å². The van der Waals surface area contributed by atoms with Crippen LogP contribution in [0.25, 0.3) is 22.1 Å². The second-order valence-electron chi connectivity index (χ2n) is 7.16. The lowest BCUT2D eigenvalue weighted by Crippen LogP contribution is -2.08. The number of fused-ring (bicyclic) bond motifs is 2. The first-order valence-electron chi connectivity index (χ1n) is 9.81. The molecule has 0 aliphatic heterocycles. The van der Waals surface area contributed by atoms with Crippen LogP contribution in [0.1, 0.15) is 11.4 Å². The predicted molar refractivity (Wildman–Crippen MR) is 115 cm³/mol. The van der Waals surface area contributed by atoms with Crippen LogP contribution in [-0.2, 0) is 13.1 Å². The van der Waals surface area contributed by atoms with E-state index in [1.807, 2.05) is 42.7 Å². The van der Waals surface area contributed by atoms with Crippen LogP contribution >= 0.6 is 0 Å². The number of para-hydroxylation sites is 4. The van der Waals surface area contributed by atoms with E-state index in [-0.39, 0.29) is 0 Å². The molecule has 2 heterocycles. The summed E-state index contributed by atoms with van der Waals surface area (Å²) < 4.78 is 10.4. The molecule has 0 amide bonds. The number of imidazole rings is 2. The van der Waals surface area contributed by atoms with Crippen molar-refractivity contribution in [3.63, 3.8) is 0 Å². The topological polar surface area (TPSA) is 44.9 Å². The Morgan fingerprint density at radius 2 is 1.66 bits per heavy atom. The maximum Gasteiger partial charge on any atom is 0.119 e. The zero-order valence-electron chi connectivity index (χ0n) is 16.3. The predicted octanol–water partition coefficient (Wildman–Crippen LogP) is 4.82. The molecule has 0 spiro atoms. The molecule has 0 unspecified atom stereocenters. The van der Waals surface area contributed by atoms with Gasteiger partial charge in [0.05, 0.1) is 34.9 Å². The van der Waals surface area contributed by atoms with Crippen molar-refractivity contribution in [3.8, 4) is 5.75 Å². The molecule has 0 bridgehead atoms. The molecule has 5 heteroatoms. The van der Waals surface area contributed by atoms with Crippen molar-refractivity contribution in [1.82, 2.24) is 19.1 Å². The summed E-state index contributed by atoms with van der Waals surface area (Å²) in [6, 6.07) is 24.7. The number of rotatable bonds is 6. The number of aryl methyl sites for hydroxylation is 1. The zero-order chi connectivity index (χ0) is 19.6. The average Bonchev–Trinajstić information content (AvgIpc) is 3.30. The van der Waals surface area contributed by atoms with Crippen molar-refractivity contribution in [1.29, 1.82) is 0 Å². The molecule has 144 valence electrons. The molecule has 29 heavy (non-hydrogen) atoms. The minimum Gasteiger partial charge on any atom is -0.492 e. The van der Waals surface area contributed by atoms with Gasteiger partial charge in [0.15, 0.2) is 0 Å². The van der Waals surface area contributed by atoms with E-state index < -0.39 is 0 Å². The molecule has 0 saturated heterocycles. The number of benzene rings is 3. The van der Waals surface area contributed by atoms with E-state index in [0.29, 0.717) is 6.61 Å². The molecular weight excluding hydrogens is 360 g/mol. The third-order valence-corrected chi connectivity index (χ3v) is 5.21. The quantitative estimate of drug-likeness (QED) is 0.423. The molecule has 0 aliphatic carbocycles. The van der Waals surface area contributed by atoms with Crippen LogP contribution in [-0.4, -0.2) is 25.7 Å². The first-order valence-corrected chi connectivity index (χ1v) is 9.81. The van der Waals surface area contributed by atoms with Gasteiger partial charge in [0.1, 0.15) is 18.2 Å². The lowest BCUT2D eigenvalue weighted by Gasteiger charge is -2.11. The highest BCUT2D eigenvalue weighted by molar-refractivity contribution is 5.76. The maximum atomic E-state index is 6.03. The number of hydrogen-bond donors (Lipinski definition) is 0. The van der Waals surface area contributed by atoms with Crippen molar-refractivity contribution in [2.24, 2.45) is 0 Å². The van der Waals surface area contributed by atoms with Crippen molar-refractivity contribution < 1.29 is 4.74 Å². The fraction of sp³-hybridized carbons (Fsp3) is 0.167. The standard InChI is InChI=1S/C24H22N4O/c1-18-26-22-10-3-5-12-24(22)28(18)16-19-7-6-8-20(15-19)29-14-13-27-17-25-21-9-2-4-11-23(21)27/h2-12,15,17H,13-14,16H2,1H3. The Kier molecular flexibility index (Phi) is 4.48. The van der Waals surface area contributed by atoms with Crippen molar-refractivity contribution in [3.05, 3.63) is 90.5 Å². The highest BCUT2D eigenvalue weighted by atomic mass is 16.5. The van der Waals surface area contributed by atoms with Gasteiger partial charge in [0, 0.05) is 6.54 Å². The van der Waals surface area contributed by atoms with Gasteiger partial charge in [-0.15, -0.1) is 0 Å². The van der Waals surface area contributed by atoms with Crippen molar-refractivity contribution in [2.75, 3.05) is 6.61 Å². The number of ether oxygens (including phenoxy) is 1. The summed E-state index contributed by atoms with van der Waals surface area (Å²) >= 11 is 0. The minimum atomic E-state index is 0.594. The summed E-state index contributed by atoms with van der Waals surface area (Å²) in [6.45, 7) is 4.18. The zero-order valence-corrected chi connectivity index (χ0v) is 16.3. The van der Waals surface area contributed by atoms with Crippen LogP contribution in [0.5, 0.6) is 5.75 Å². The molecule has 0 N–H and O–H groups in total. The Balaban J connectivity index is 1.29. The first kappa shape index (κ1) is 17.5. The van der Waals surface area contributed by atoms with Gasteiger partial charge >= 0.3 is 0 Å². The Labute approximate surface area is 169 Å². The Morgan fingerprint density at radius 1 is 0.862 bits per heavy atom. The van der Waals surface area contributed by atoms with Gasteiger partial charge in [0.25, 0.3) is 0 Å². The molecule has 0 saturated carbocycles. The van der Waals surface area contributed by atoms with E-state index >= 15 is 0 Å². The second-order valence-corrected chi connectivity index (χ2v) is 7.16. The van der Waals surface area contributed by atoms with E-state index in [2.05, 4.69) is 62.4 Å². The normalized spacial score (nSPS) is 11.3. The monoisotopic (exact) mass is 382 g/mol. The van der Waals surface area contributed by atoms with E-state index in [9.17, 15) is 0 Å². The number of aromatic nitrogens is 4. The molecule has 2 aromatic heterocycles. The van der Waals surface area contributed by atoms with Crippen LogP contribution in [0.3, 0.4) is 0 Å². The SMILES string of the molecule is Cc1nc2ccccc2n1Cc1cccc(OCCn2cnc3ccccc32)c1. The Bertz CT molecular complexity index is 1280. The summed E-state index contributed by atoms with van der Waals surface area (Å²) in [5.41, 5.74) is 5.53. The highest BCUT2D eigenvalue weighted by Gasteiger charge is 2.08. The third-order valence-electron chi connectivity index (χ3n) is 5.21. The van der Waals surface area contributed by atoms with Gasteiger partial charge in [-0.1, -0.05) is 36.4 Å². The summed E-state index contributed by atoms with van der Waals surface area (Å²) in [5.74, 6) is 1.90. The first-order chi connectivity index (χ1) is 14.3. The van der Waals surface area contributed by atoms with Crippen LogP contribution in [0, 0.1) is 6.92 Å². The fourth-order valence-electron chi connectivity index (χ4n) is 3.76. The summed E-state index contributed by atoms with van der Waals surface area (Å²) in [5, 5.41) is 0. The van der Waals surface area contributed by atoms with E-state index in [4.69, 9.17) is 4.74 Å². The van der Waals surface area contributed by atoms with Crippen LogP contribution in [0.4, 0.5) is 0 Å². The smallest absolute Gasteiger partial charge is 0.119 e. The van der Waals surface area contributed by atoms with Gasteiger partial charge in [-0.05, 0) is 48.9 Å². The van der Waals surface area contributed by atoms with Gasteiger partial charge < -0.3 is 13.9 Å². The van der Waals surface area contributed by atoms with Gasteiger partial charge in [0.2, 0.25) is 0 Å². The maximum absolute atomic E-state index is 6.03. The molecule has 0 fully saturated rings. The van der Waals surface area contributed by atoms with Crippen molar-refractivity contribution >= 4 is 22.1 Å². The fourth-order valence-corrected chi connectivity index (χ4v) is 3.76. The molecule has 5 nitrogen and oxygen atoms in total. The van der Waals surface area contributed by atoms with Crippen LogP contribution in [0.15, 0.2) is 79.1 Å². The average molecular weight is 382 g/mol. The Morgan fingerprint density at radius 3 is 2.55 bits per heavy atom. The molecule has 0 radical (unpaired) electrons. The summed E-state index contributed by atoms with van der Waals surface area (Å²) in [6.07, 6.45) is 1.87. The molecule has 3 aromatic carbocycles. The third kappa shape index (κ3) is 3.47. The second kappa shape index (κ2) is 7.43. The highest BCUT2D eigenvalue weighted by Crippen LogP contribution is 2.20. The lowest BCUT2D eigenvalue weighted by molar-refractivity contribution is 0.300. The van der Waals surface area contributed by atoms with E-state index in [1.54, 1.807) is 0 Å². The van der Waals surface area contributed by atoms with Crippen molar-refractivity contribution in [2.45, 2.75) is 20.0 Å². The molecule has 5 aromatic rings. The molecular formula is C24H22N4O. The molecule has 5 rings (SSSR count). The Hall–Kier alpha value is -3.60. The van der Waals surface area contributed by atoms with Gasteiger partial charge in [-0.25, -0.2) is 9.97 Å². The summed E-state index contributed by atoms with van der Waals surface area (Å²) in [7, 11) is 0. The van der Waals surface area contributed by atoms with Crippen LogP contribution < -0.4 is 4.74 Å². The van der Waals surface area contributed by atoms with Crippen LogP contribution in [0.2, 0.25) is 0 Å². The number of hydrogen-bond acceptors (Lipinski definition) is 3. The summed E-state index contributed by atoms with van der Waals surface area (Å²) in [4.78, 5) is 9.09. The number of nitrogens with zero attached hydrogens (tertiary/aromatic N) is 4. The molecule has 0 aliphatic rings. The minimum absolute atomic E-state index is 0.594. The largest absolute Gasteiger partial charge is 0.492 e.